The summed E-state index contributed by atoms with van der Waals surface area (Å²) in [5.74, 6) is 2.11. The fourth-order valence-electron chi connectivity index (χ4n) is 4.91. The van der Waals surface area contributed by atoms with Gasteiger partial charge < -0.3 is 5.32 Å². The van der Waals surface area contributed by atoms with E-state index in [0.717, 1.165) is 37.6 Å². The van der Waals surface area contributed by atoms with E-state index in [0.29, 0.717) is 10.8 Å². The van der Waals surface area contributed by atoms with Gasteiger partial charge in [-0.3, -0.25) is 4.99 Å². The van der Waals surface area contributed by atoms with Crippen molar-refractivity contribution in [3.8, 4) is 0 Å². The molecule has 4 rings (SSSR count). The van der Waals surface area contributed by atoms with Gasteiger partial charge in [0.1, 0.15) is 11.7 Å². The third-order valence-corrected chi connectivity index (χ3v) is 6.30. The number of nitrogens with zero attached hydrogens (tertiary/aromatic N) is 3. The molecule has 2 saturated carbocycles. The van der Waals surface area contributed by atoms with Crippen LogP contribution in [0, 0.1) is 17.8 Å². The first kappa shape index (κ1) is 19.1. The van der Waals surface area contributed by atoms with Crippen molar-refractivity contribution in [2.24, 2.45) is 20.8 Å². The van der Waals surface area contributed by atoms with E-state index in [1.54, 1.807) is 0 Å². The molecule has 1 aromatic heterocycles. The van der Waals surface area contributed by atoms with E-state index < -0.39 is 0 Å². The molecule has 3 aliphatic rings. The van der Waals surface area contributed by atoms with Gasteiger partial charge in [-0.15, -0.1) is 0 Å². The van der Waals surface area contributed by atoms with Gasteiger partial charge in [0.15, 0.2) is 0 Å². The summed E-state index contributed by atoms with van der Waals surface area (Å²) >= 11 is 0. The Hall–Kier alpha value is -1.71. The number of fused-ring (bicyclic) bond motifs is 2. The number of hydrogen-bond donors (Lipinski definition) is 1. The number of amidine groups is 1. The van der Waals surface area contributed by atoms with Crippen molar-refractivity contribution < 1.29 is 0 Å². The number of aliphatic imine (C=N–C) groups is 2. The Balaban J connectivity index is 0.000000948. The topological polar surface area (TPSA) is 49.6 Å². The van der Waals surface area contributed by atoms with Gasteiger partial charge in [-0.25, -0.2) is 9.98 Å². The largest absolute Gasteiger partial charge is 0.370 e. The molecule has 0 saturated heterocycles. The average molecular weight is 355 g/mol. The van der Waals surface area contributed by atoms with Gasteiger partial charge in [-0.05, 0) is 68.6 Å². The molecule has 142 valence electrons. The van der Waals surface area contributed by atoms with Crippen molar-refractivity contribution >= 4 is 17.4 Å². The van der Waals surface area contributed by atoms with Crippen LogP contribution in [0.2, 0.25) is 0 Å². The van der Waals surface area contributed by atoms with E-state index in [-0.39, 0.29) is 0 Å². The number of anilines is 1. The normalized spacial score (nSPS) is 29.1. The fraction of sp³-hybridized carbons (Fsp3) is 0.682. The lowest BCUT2D eigenvalue weighted by atomic mass is 9.79. The minimum Gasteiger partial charge on any atom is -0.370 e. The van der Waals surface area contributed by atoms with Crippen LogP contribution in [0.1, 0.15) is 71.3 Å². The van der Waals surface area contributed by atoms with Crippen LogP contribution in [0.4, 0.5) is 5.82 Å². The second-order valence-corrected chi connectivity index (χ2v) is 8.07. The van der Waals surface area contributed by atoms with Crippen LogP contribution in [-0.4, -0.2) is 29.6 Å². The molecule has 2 heterocycles. The van der Waals surface area contributed by atoms with Gasteiger partial charge in [-0.2, -0.15) is 0 Å². The molecule has 4 heteroatoms. The Morgan fingerprint density at radius 2 is 1.92 bits per heavy atom. The Bertz CT molecular complexity index is 681. The van der Waals surface area contributed by atoms with Crippen molar-refractivity contribution in [2.45, 2.75) is 72.6 Å². The molecule has 1 N–H and O–H groups in total. The molecule has 0 radical (unpaired) electrons. The lowest BCUT2D eigenvalue weighted by Gasteiger charge is -2.28. The summed E-state index contributed by atoms with van der Waals surface area (Å²) in [7, 11) is 0. The molecule has 2 aliphatic carbocycles. The van der Waals surface area contributed by atoms with E-state index in [1.165, 1.54) is 43.4 Å². The minimum absolute atomic E-state index is 0.348. The highest BCUT2D eigenvalue weighted by Crippen LogP contribution is 2.62. The standard InChI is InChI=1S/C20H28N4.C2H6/c1-3-4-17-22-12-16(24-17)20-8-6-19(13-20,7-9-20)14-23-18-11-15(2)5-10-21-18;1-2/h5,10-11H,3-4,6-9,12-14H2,1-2H3,(H,21,23);1-2H3. The van der Waals surface area contributed by atoms with Crippen molar-refractivity contribution in [3.63, 3.8) is 0 Å². The molecule has 26 heavy (non-hydrogen) atoms. The van der Waals surface area contributed by atoms with Gasteiger partial charge in [0, 0.05) is 30.3 Å². The second-order valence-electron chi connectivity index (χ2n) is 8.07. The second kappa shape index (κ2) is 7.89. The van der Waals surface area contributed by atoms with E-state index in [9.17, 15) is 0 Å². The van der Waals surface area contributed by atoms with Crippen molar-refractivity contribution in [1.29, 1.82) is 0 Å². The molecule has 0 unspecified atom stereocenters. The third-order valence-electron chi connectivity index (χ3n) is 6.30. The lowest BCUT2D eigenvalue weighted by Crippen LogP contribution is -2.27. The highest BCUT2D eigenvalue weighted by atomic mass is 15.0. The van der Waals surface area contributed by atoms with Gasteiger partial charge in [0.25, 0.3) is 0 Å². The fourth-order valence-corrected chi connectivity index (χ4v) is 4.91. The maximum Gasteiger partial charge on any atom is 0.126 e. The van der Waals surface area contributed by atoms with E-state index in [1.807, 2.05) is 26.1 Å². The number of aryl methyl sites for hydroxylation is 1. The van der Waals surface area contributed by atoms with Crippen molar-refractivity contribution in [3.05, 3.63) is 23.9 Å². The molecule has 2 bridgehead atoms. The Morgan fingerprint density at radius 3 is 2.62 bits per heavy atom. The number of hydrogen-bond acceptors (Lipinski definition) is 4. The molecule has 1 aliphatic heterocycles. The van der Waals surface area contributed by atoms with Gasteiger partial charge in [0.05, 0.1) is 6.54 Å². The van der Waals surface area contributed by atoms with E-state index in [4.69, 9.17) is 4.99 Å². The van der Waals surface area contributed by atoms with Crippen molar-refractivity contribution in [1.82, 2.24) is 4.98 Å². The number of pyridine rings is 1. The summed E-state index contributed by atoms with van der Waals surface area (Å²) in [4.78, 5) is 14.1. The summed E-state index contributed by atoms with van der Waals surface area (Å²) in [6.07, 6.45) is 10.6. The first-order valence-corrected chi connectivity index (χ1v) is 10.4. The van der Waals surface area contributed by atoms with Gasteiger partial charge in [0.2, 0.25) is 0 Å². The quantitative estimate of drug-likeness (QED) is 0.740. The Kier molecular flexibility index (Phi) is 5.79. The number of rotatable bonds is 6. The Labute approximate surface area is 158 Å². The molecule has 2 fully saturated rings. The summed E-state index contributed by atoms with van der Waals surface area (Å²) < 4.78 is 0. The molecule has 0 amide bonds. The predicted octanol–water partition coefficient (Wildman–Crippen LogP) is 5.43. The SMILES string of the molecule is CC.CCCC1=NCC(C23CCC(CNc4cc(C)ccn4)(CC2)C3)=N1. The number of nitrogens with one attached hydrogen (secondary N) is 1. The third kappa shape index (κ3) is 3.70. The minimum atomic E-state index is 0.348. The highest BCUT2D eigenvalue weighted by Gasteiger charge is 2.56. The van der Waals surface area contributed by atoms with Gasteiger partial charge >= 0.3 is 0 Å². The maximum absolute atomic E-state index is 4.92. The monoisotopic (exact) mass is 354 g/mol. The van der Waals surface area contributed by atoms with Crippen LogP contribution in [0.15, 0.2) is 28.3 Å². The zero-order valence-electron chi connectivity index (χ0n) is 16.9. The molecular formula is C22H34N4. The average Bonchev–Trinajstić information content (AvgIpc) is 3.37. The van der Waals surface area contributed by atoms with Crippen LogP contribution in [0.3, 0.4) is 0 Å². The zero-order chi connectivity index (χ0) is 18.6. The molecule has 0 aromatic carbocycles. The summed E-state index contributed by atoms with van der Waals surface area (Å²) in [6, 6.07) is 4.19. The lowest BCUT2D eigenvalue weighted by molar-refractivity contribution is 0.312. The summed E-state index contributed by atoms with van der Waals surface area (Å²) in [6.45, 7) is 10.2. The molecule has 4 nitrogen and oxygen atoms in total. The molecular weight excluding hydrogens is 320 g/mol. The molecule has 0 spiro atoms. The Morgan fingerprint density at radius 1 is 1.15 bits per heavy atom. The summed E-state index contributed by atoms with van der Waals surface area (Å²) in [5, 5.41) is 3.60. The van der Waals surface area contributed by atoms with Crippen LogP contribution in [0.5, 0.6) is 0 Å². The van der Waals surface area contributed by atoms with Gasteiger partial charge in [-0.1, -0.05) is 20.8 Å². The molecule has 0 atom stereocenters. The van der Waals surface area contributed by atoms with E-state index in [2.05, 4.69) is 35.2 Å². The van der Waals surface area contributed by atoms with Crippen LogP contribution in [-0.2, 0) is 0 Å². The highest BCUT2D eigenvalue weighted by molar-refractivity contribution is 6.07. The predicted molar refractivity (Wildman–Crippen MR) is 111 cm³/mol. The zero-order valence-corrected chi connectivity index (χ0v) is 16.9. The van der Waals surface area contributed by atoms with Crippen LogP contribution < -0.4 is 5.32 Å². The van der Waals surface area contributed by atoms with Crippen LogP contribution >= 0.6 is 0 Å². The van der Waals surface area contributed by atoms with Crippen LogP contribution in [0.25, 0.3) is 0 Å². The maximum atomic E-state index is 4.92. The number of aromatic nitrogens is 1. The first-order chi connectivity index (χ1) is 12.6. The smallest absolute Gasteiger partial charge is 0.126 e. The van der Waals surface area contributed by atoms with E-state index >= 15 is 0 Å². The van der Waals surface area contributed by atoms with Crippen molar-refractivity contribution in [2.75, 3.05) is 18.4 Å². The molecule has 1 aromatic rings. The first-order valence-electron chi connectivity index (χ1n) is 10.4. The summed E-state index contributed by atoms with van der Waals surface area (Å²) in [5.41, 5.74) is 3.43.